The van der Waals surface area contributed by atoms with Gasteiger partial charge >= 0.3 is 0 Å². The minimum absolute atomic E-state index is 0.161. The number of aryl methyl sites for hydroxylation is 1. The average molecular weight is 445 g/mol. The number of alkyl halides is 1. The normalized spacial score (nSPS) is 19.8. The first-order valence-corrected chi connectivity index (χ1v) is 11.7. The van der Waals surface area contributed by atoms with Gasteiger partial charge in [0.15, 0.2) is 0 Å². The molecule has 2 aromatic rings. The zero-order chi connectivity index (χ0) is 23.6. The monoisotopic (exact) mass is 444 g/mol. The van der Waals surface area contributed by atoms with Crippen LogP contribution in [0.25, 0.3) is 5.70 Å². The SMILES string of the molecule is C#Cc1ccc(C2(F)CCN(C(=C)c3cc(OC4CCN(C(=C)C)C4)ccc3C)CC2)cc1. The number of likely N-dealkylation sites (tertiary alicyclic amines) is 2. The molecule has 0 N–H and O–H groups in total. The van der Waals surface area contributed by atoms with Gasteiger partial charge in [0.05, 0.1) is 6.54 Å². The third-order valence-corrected chi connectivity index (χ3v) is 7.01. The van der Waals surface area contributed by atoms with E-state index in [2.05, 4.69) is 47.9 Å². The molecule has 0 spiro atoms. The van der Waals surface area contributed by atoms with E-state index in [0.717, 1.165) is 53.3 Å². The predicted molar refractivity (Wildman–Crippen MR) is 134 cm³/mol. The van der Waals surface area contributed by atoms with E-state index in [9.17, 15) is 0 Å². The van der Waals surface area contributed by atoms with Gasteiger partial charge in [0.1, 0.15) is 17.5 Å². The van der Waals surface area contributed by atoms with Crippen LogP contribution in [-0.2, 0) is 5.67 Å². The maximum Gasteiger partial charge on any atom is 0.139 e. The highest BCUT2D eigenvalue weighted by molar-refractivity contribution is 5.66. The van der Waals surface area contributed by atoms with Crippen molar-refractivity contribution in [3.63, 3.8) is 0 Å². The van der Waals surface area contributed by atoms with Crippen molar-refractivity contribution in [2.24, 2.45) is 0 Å². The lowest BCUT2D eigenvalue weighted by Crippen LogP contribution is -2.39. The Kier molecular flexibility index (Phi) is 6.51. The number of piperidine rings is 1. The largest absolute Gasteiger partial charge is 0.488 e. The standard InChI is InChI=1S/C29H33FN2O/c1-6-24-8-10-25(11-9-24)29(30)14-17-31(18-15-29)23(5)28-19-26(12-7-22(28)4)33-27-13-16-32(20-27)21(2)3/h1,7-12,19,27H,2,5,13-18,20H2,3-4H3. The molecule has 2 fully saturated rings. The molecule has 3 nitrogen and oxygen atoms in total. The van der Waals surface area contributed by atoms with Crippen molar-refractivity contribution in [3.05, 3.63) is 83.6 Å². The molecule has 1 atom stereocenters. The van der Waals surface area contributed by atoms with Crippen molar-refractivity contribution >= 4 is 5.70 Å². The number of halogens is 1. The van der Waals surface area contributed by atoms with E-state index in [1.165, 1.54) is 0 Å². The highest BCUT2D eigenvalue weighted by Gasteiger charge is 2.36. The molecule has 2 aromatic carbocycles. The number of nitrogens with zero attached hydrogens (tertiary/aromatic N) is 2. The highest BCUT2D eigenvalue weighted by atomic mass is 19.1. The minimum Gasteiger partial charge on any atom is -0.488 e. The van der Waals surface area contributed by atoms with E-state index in [-0.39, 0.29) is 6.10 Å². The summed E-state index contributed by atoms with van der Waals surface area (Å²) in [6.45, 7) is 15.6. The van der Waals surface area contributed by atoms with Gasteiger partial charge in [-0.15, -0.1) is 6.42 Å². The van der Waals surface area contributed by atoms with Gasteiger partial charge in [-0.2, -0.15) is 0 Å². The van der Waals surface area contributed by atoms with Gasteiger partial charge in [-0.05, 0) is 49.2 Å². The molecule has 2 aliphatic heterocycles. The molecule has 0 amide bonds. The summed E-state index contributed by atoms with van der Waals surface area (Å²) >= 11 is 0. The summed E-state index contributed by atoms with van der Waals surface area (Å²) < 4.78 is 22.0. The van der Waals surface area contributed by atoms with Gasteiger partial charge in [-0.3, -0.25) is 0 Å². The third kappa shape index (κ3) is 4.93. The number of benzene rings is 2. The fourth-order valence-electron chi connectivity index (χ4n) is 4.80. The van der Waals surface area contributed by atoms with Crippen LogP contribution in [0.4, 0.5) is 4.39 Å². The van der Waals surface area contributed by atoms with Crippen molar-refractivity contribution in [1.29, 1.82) is 0 Å². The summed E-state index contributed by atoms with van der Waals surface area (Å²) in [5.41, 5.74) is 4.37. The highest BCUT2D eigenvalue weighted by Crippen LogP contribution is 2.39. The molecule has 4 rings (SSSR count). The zero-order valence-electron chi connectivity index (χ0n) is 19.7. The van der Waals surface area contributed by atoms with E-state index in [1.807, 2.05) is 37.3 Å². The summed E-state index contributed by atoms with van der Waals surface area (Å²) in [6.07, 6.45) is 7.43. The number of allylic oxidation sites excluding steroid dienone is 1. The summed E-state index contributed by atoms with van der Waals surface area (Å²) in [7, 11) is 0. The van der Waals surface area contributed by atoms with Crippen LogP contribution in [0.15, 0.2) is 61.3 Å². The summed E-state index contributed by atoms with van der Waals surface area (Å²) in [6, 6.07) is 13.5. The fourth-order valence-corrected chi connectivity index (χ4v) is 4.80. The molecule has 172 valence electrons. The zero-order valence-corrected chi connectivity index (χ0v) is 19.7. The van der Waals surface area contributed by atoms with Crippen molar-refractivity contribution in [2.75, 3.05) is 26.2 Å². The smallest absolute Gasteiger partial charge is 0.139 e. The van der Waals surface area contributed by atoms with Gasteiger partial charge in [-0.25, -0.2) is 4.39 Å². The van der Waals surface area contributed by atoms with Gasteiger partial charge in [-0.1, -0.05) is 37.3 Å². The molecule has 1 unspecified atom stereocenters. The Balaban J connectivity index is 1.41. The second-order valence-electron chi connectivity index (χ2n) is 9.31. The van der Waals surface area contributed by atoms with E-state index < -0.39 is 5.67 Å². The lowest BCUT2D eigenvalue weighted by Gasteiger charge is -2.39. The topological polar surface area (TPSA) is 15.7 Å². The Hall–Kier alpha value is -3.19. The Morgan fingerprint density at radius 1 is 1.09 bits per heavy atom. The lowest BCUT2D eigenvalue weighted by molar-refractivity contribution is 0.0794. The van der Waals surface area contributed by atoms with Crippen molar-refractivity contribution < 1.29 is 9.13 Å². The third-order valence-electron chi connectivity index (χ3n) is 7.01. The molecule has 33 heavy (non-hydrogen) atoms. The van der Waals surface area contributed by atoms with Crippen LogP contribution in [0.5, 0.6) is 5.75 Å². The molecular weight excluding hydrogens is 411 g/mol. The molecule has 2 saturated heterocycles. The minimum atomic E-state index is -1.33. The second kappa shape index (κ2) is 9.35. The molecule has 0 aliphatic carbocycles. The molecule has 2 aliphatic rings. The molecular formula is C29H33FN2O. The van der Waals surface area contributed by atoms with Crippen LogP contribution in [0.1, 0.15) is 48.4 Å². The first-order chi connectivity index (χ1) is 15.8. The number of rotatable bonds is 6. The Morgan fingerprint density at radius 2 is 1.79 bits per heavy atom. The number of ether oxygens (including phenoxy) is 1. The van der Waals surface area contributed by atoms with Crippen LogP contribution in [-0.4, -0.2) is 42.1 Å². The van der Waals surface area contributed by atoms with Crippen LogP contribution >= 0.6 is 0 Å². The van der Waals surface area contributed by atoms with Gasteiger partial charge < -0.3 is 14.5 Å². The fraction of sp³-hybridized carbons (Fsp3) is 0.379. The molecule has 0 saturated carbocycles. The Bertz CT molecular complexity index is 1070. The number of terminal acetylenes is 1. The maximum absolute atomic E-state index is 15.7. The van der Waals surface area contributed by atoms with Crippen LogP contribution in [0.2, 0.25) is 0 Å². The Labute approximate surface area is 197 Å². The predicted octanol–water partition coefficient (Wildman–Crippen LogP) is 5.89. The summed E-state index contributed by atoms with van der Waals surface area (Å²) in [5.74, 6) is 3.45. The molecule has 4 heteroatoms. The number of hydrogen-bond acceptors (Lipinski definition) is 3. The summed E-state index contributed by atoms with van der Waals surface area (Å²) in [4.78, 5) is 4.45. The van der Waals surface area contributed by atoms with Gasteiger partial charge in [0.2, 0.25) is 0 Å². The van der Waals surface area contributed by atoms with Crippen molar-refractivity contribution in [2.45, 2.75) is 44.9 Å². The first kappa shape index (κ1) is 23.0. The van der Waals surface area contributed by atoms with Crippen LogP contribution in [0.3, 0.4) is 0 Å². The maximum atomic E-state index is 15.7. The summed E-state index contributed by atoms with van der Waals surface area (Å²) in [5, 5.41) is 0. The first-order valence-electron chi connectivity index (χ1n) is 11.7. The van der Waals surface area contributed by atoms with Crippen molar-refractivity contribution in [1.82, 2.24) is 9.80 Å². The second-order valence-corrected chi connectivity index (χ2v) is 9.31. The van der Waals surface area contributed by atoms with Crippen LogP contribution in [0, 0.1) is 19.3 Å². The molecule has 0 bridgehead atoms. The molecule has 0 aromatic heterocycles. The Morgan fingerprint density at radius 3 is 2.39 bits per heavy atom. The number of hydrogen-bond donors (Lipinski definition) is 0. The van der Waals surface area contributed by atoms with E-state index in [4.69, 9.17) is 11.2 Å². The average Bonchev–Trinajstić information content (AvgIpc) is 3.29. The molecule has 0 radical (unpaired) electrons. The lowest BCUT2D eigenvalue weighted by atomic mass is 9.85. The van der Waals surface area contributed by atoms with E-state index >= 15 is 4.39 Å². The quantitative estimate of drug-likeness (QED) is 0.517. The van der Waals surface area contributed by atoms with Gasteiger partial charge in [0, 0.05) is 61.4 Å². The van der Waals surface area contributed by atoms with E-state index in [0.29, 0.717) is 31.5 Å². The van der Waals surface area contributed by atoms with Gasteiger partial charge in [0.25, 0.3) is 0 Å². The van der Waals surface area contributed by atoms with Crippen molar-refractivity contribution in [3.8, 4) is 18.1 Å². The van der Waals surface area contributed by atoms with E-state index in [1.54, 1.807) is 0 Å². The van der Waals surface area contributed by atoms with Crippen LogP contribution < -0.4 is 4.74 Å². The molecule has 2 heterocycles.